The van der Waals surface area contributed by atoms with Crippen molar-refractivity contribution >= 4 is 43.1 Å². The molecule has 0 N–H and O–H groups in total. The third-order valence-corrected chi connectivity index (χ3v) is 5.20. The van der Waals surface area contributed by atoms with E-state index in [-0.39, 0.29) is 5.41 Å². The summed E-state index contributed by atoms with van der Waals surface area (Å²) in [5.74, 6) is 6.66. The fraction of sp³-hybridized carbons (Fsp3) is 0.143. The van der Waals surface area contributed by atoms with E-state index >= 15 is 0 Å². The molecule has 0 unspecified atom stereocenters. The first-order valence-electron chi connectivity index (χ1n) is 9.78. The predicted octanol–water partition coefficient (Wildman–Crippen LogP) is 7.70. The van der Waals surface area contributed by atoms with Gasteiger partial charge in [0.25, 0.3) is 0 Å². The van der Waals surface area contributed by atoms with Gasteiger partial charge in [-0.2, -0.15) is 0 Å². The van der Waals surface area contributed by atoms with E-state index in [0.29, 0.717) is 0 Å². The van der Waals surface area contributed by atoms with E-state index in [1.807, 2.05) is 0 Å². The molecule has 0 saturated heterocycles. The summed E-state index contributed by atoms with van der Waals surface area (Å²) < 4.78 is 0. The van der Waals surface area contributed by atoms with Crippen LogP contribution >= 0.6 is 0 Å². The predicted molar refractivity (Wildman–Crippen MR) is 123 cm³/mol. The zero-order valence-corrected chi connectivity index (χ0v) is 16.5. The highest BCUT2D eigenvalue weighted by atomic mass is 14.1. The highest BCUT2D eigenvalue weighted by Gasteiger charge is 2.05. The number of hydrogen-bond acceptors (Lipinski definition) is 0. The summed E-state index contributed by atoms with van der Waals surface area (Å²) in [7, 11) is 0. The molecule has 134 valence electrons. The number of hydrogen-bond donors (Lipinski definition) is 0. The first kappa shape index (κ1) is 16.8. The summed E-state index contributed by atoms with van der Waals surface area (Å²) in [4.78, 5) is 0. The number of benzene rings is 5. The molecule has 0 amide bonds. The van der Waals surface area contributed by atoms with Crippen LogP contribution in [-0.2, 0) is 0 Å². The van der Waals surface area contributed by atoms with Gasteiger partial charge < -0.3 is 0 Å². The molecule has 0 aromatic heterocycles. The van der Waals surface area contributed by atoms with Crippen molar-refractivity contribution in [3.63, 3.8) is 0 Å². The van der Waals surface area contributed by atoms with Crippen molar-refractivity contribution in [3.05, 3.63) is 84.4 Å². The Labute approximate surface area is 165 Å². The maximum absolute atomic E-state index is 3.33. The fourth-order valence-corrected chi connectivity index (χ4v) is 3.78. The molecular weight excluding hydrogens is 336 g/mol. The van der Waals surface area contributed by atoms with Crippen molar-refractivity contribution in [2.45, 2.75) is 20.8 Å². The van der Waals surface area contributed by atoms with Gasteiger partial charge in [-0.1, -0.05) is 42.2 Å². The van der Waals surface area contributed by atoms with Crippen LogP contribution in [0.2, 0.25) is 0 Å². The Morgan fingerprint density at radius 2 is 0.929 bits per heavy atom. The Morgan fingerprint density at radius 1 is 0.500 bits per heavy atom. The van der Waals surface area contributed by atoms with Crippen molar-refractivity contribution in [2.75, 3.05) is 0 Å². The molecule has 0 atom stereocenters. The van der Waals surface area contributed by atoms with Gasteiger partial charge in [-0.3, -0.25) is 0 Å². The van der Waals surface area contributed by atoms with Crippen molar-refractivity contribution in [2.24, 2.45) is 5.41 Å². The van der Waals surface area contributed by atoms with Crippen LogP contribution < -0.4 is 0 Å². The Hall–Kier alpha value is -3.30. The molecule has 5 rings (SSSR count). The Kier molecular flexibility index (Phi) is 3.68. The van der Waals surface area contributed by atoms with E-state index in [2.05, 4.69) is 111 Å². The SMILES string of the molecule is CC(C)(C)C#Cc1ccc2cc3cc4cc5ccccc5cc4cc3cc2c1. The van der Waals surface area contributed by atoms with Crippen molar-refractivity contribution in [1.82, 2.24) is 0 Å². The molecule has 0 radical (unpaired) electrons. The van der Waals surface area contributed by atoms with Gasteiger partial charge in [0.1, 0.15) is 0 Å². The first-order valence-corrected chi connectivity index (χ1v) is 9.78. The van der Waals surface area contributed by atoms with Crippen molar-refractivity contribution in [3.8, 4) is 11.8 Å². The molecular formula is C28H22. The largest absolute Gasteiger partial charge is 0.0920 e. The van der Waals surface area contributed by atoms with E-state index in [4.69, 9.17) is 0 Å². The lowest BCUT2D eigenvalue weighted by atomic mass is 9.96. The van der Waals surface area contributed by atoms with Crippen LogP contribution in [0.15, 0.2) is 78.9 Å². The second kappa shape index (κ2) is 6.11. The maximum Gasteiger partial charge on any atom is 0.0251 e. The van der Waals surface area contributed by atoms with Gasteiger partial charge in [0, 0.05) is 11.0 Å². The van der Waals surface area contributed by atoms with E-state index in [9.17, 15) is 0 Å². The third-order valence-electron chi connectivity index (χ3n) is 5.20. The summed E-state index contributed by atoms with van der Waals surface area (Å²) in [6, 6.07) is 28.9. The molecule has 0 aliphatic carbocycles. The van der Waals surface area contributed by atoms with E-state index in [0.717, 1.165) is 5.56 Å². The lowest BCUT2D eigenvalue weighted by Crippen LogP contribution is -1.99. The molecule has 0 bridgehead atoms. The van der Waals surface area contributed by atoms with Gasteiger partial charge in [0.05, 0.1) is 0 Å². The van der Waals surface area contributed by atoms with Gasteiger partial charge in [-0.05, 0) is 112 Å². The summed E-state index contributed by atoms with van der Waals surface area (Å²) in [5.41, 5.74) is 1.09. The molecule has 0 aliphatic rings. The van der Waals surface area contributed by atoms with E-state index < -0.39 is 0 Å². The molecule has 0 saturated carbocycles. The molecule has 0 nitrogen and oxygen atoms in total. The minimum Gasteiger partial charge on any atom is -0.0920 e. The molecule has 0 aliphatic heterocycles. The Balaban J connectivity index is 1.72. The topological polar surface area (TPSA) is 0 Å². The second-order valence-corrected chi connectivity index (χ2v) is 8.66. The van der Waals surface area contributed by atoms with Crippen LogP contribution in [0.3, 0.4) is 0 Å². The molecule has 5 aromatic rings. The molecule has 0 spiro atoms. The minimum atomic E-state index is 0.0139. The molecule has 0 fully saturated rings. The van der Waals surface area contributed by atoms with Gasteiger partial charge in [0.15, 0.2) is 0 Å². The quantitative estimate of drug-likeness (QED) is 0.196. The maximum atomic E-state index is 3.33. The average molecular weight is 358 g/mol. The number of rotatable bonds is 0. The Morgan fingerprint density at radius 3 is 1.43 bits per heavy atom. The highest BCUT2D eigenvalue weighted by Crippen LogP contribution is 2.30. The van der Waals surface area contributed by atoms with Gasteiger partial charge in [-0.15, -0.1) is 0 Å². The van der Waals surface area contributed by atoms with Crippen LogP contribution in [0, 0.1) is 17.3 Å². The van der Waals surface area contributed by atoms with Gasteiger partial charge >= 0.3 is 0 Å². The molecule has 0 heterocycles. The van der Waals surface area contributed by atoms with E-state index in [1.54, 1.807) is 0 Å². The van der Waals surface area contributed by atoms with Crippen LogP contribution in [0.1, 0.15) is 26.3 Å². The minimum absolute atomic E-state index is 0.0139. The lowest BCUT2D eigenvalue weighted by molar-refractivity contribution is 0.571. The van der Waals surface area contributed by atoms with Crippen LogP contribution in [0.5, 0.6) is 0 Å². The first-order chi connectivity index (χ1) is 13.4. The summed E-state index contributed by atoms with van der Waals surface area (Å²) >= 11 is 0. The van der Waals surface area contributed by atoms with Crippen LogP contribution in [-0.4, -0.2) is 0 Å². The average Bonchev–Trinajstić information content (AvgIpc) is 2.67. The zero-order chi connectivity index (χ0) is 19.3. The smallest absolute Gasteiger partial charge is 0.0251 e. The molecule has 28 heavy (non-hydrogen) atoms. The Bertz CT molecular complexity index is 1430. The highest BCUT2D eigenvalue weighted by molar-refractivity contribution is 6.08. The second-order valence-electron chi connectivity index (χ2n) is 8.66. The van der Waals surface area contributed by atoms with Gasteiger partial charge in [0.2, 0.25) is 0 Å². The number of fused-ring (bicyclic) bond motifs is 4. The third kappa shape index (κ3) is 3.10. The summed E-state index contributed by atoms with van der Waals surface area (Å²) in [6.45, 7) is 6.43. The fourth-order valence-electron chi connectivity index (χ4n) is 3.78. The van der Waals surface area contributed by atoms with Crippen molar-refractivity contribution in [1.29, 1.82) is 0 Å². The molecule has 0 heteroatoms. The summed E-state index contributed by atoms with van der Waals surface area (Å²) in [6.07, 6.45) is 0. The van der Waals surface area contributed by atoms with E-state index in [1.165, 1.54) is 43.1 Å². The summed E-state index contributed by atoms with van der Waals surface area (Å²) in [5, 5.41) is 10.2. The lowest BCUT2D eigenvalue weighted by Gasteiger charge is -2.08. The standard InChI is InChI=1S/C28H22/c1-28(2,3)11-10-19-8-9-22-15-26-17-24-13-20-6-4-5-7-21(20)14-25(24)18-27(26)16-23(22)12-19/h4-9,12-18H,1-3H3. The van der Waals surface area contributed by atoms with Crippen LogP contribution in [0.25, 0.3) is 43.1 Å². The van der Waals surface area contributed by atoms with Crippen LogP contribution in [0.4, 0.5) is 0 Å². The van der Waals surface area contributed by atoms with Gasteiger partial charge in [-0.25, -0.2) is 0 Å². The van der Waals surface area contributed by atoms with Crippen molar-refractivity contribution < 1.29 is 0 Å². The monoisotopic (exact) mass is 358 g/mol. The zero-order valence-electron chi connectivity index (χ0n) is 16.5. The normalized spacial score (nSPS) is 11.8. The molecule has 5 aromatic carbocycles.